The van der Waals surface area contributed by atoms with E-state index in [-0.39, 0.29) is 17.9 Å². The molecule has 0 fully saturated rings. The molecule has 0 saturated carbocycles. The van der Waals surface area contributed by atoms with E-state index < -0.39 is 11.9 Å². The molecule has 0 bridgehead atoms. The quantitative estimate of drug-likeness (QED) is 0.627. The smallest absolute Gasteiger partial charge is 0.325 e. The van der Waals surface area contributed by atoms with Crippen LogP contribution in [0.25, 0.3) is 11.0 Å². The van der Waals surface area contributed by atoms with Crippen LogP contribution in [0.5, 0.6) is 0 Å². The number of anilines is 1. The van der Waals surface area contributed by atoms with Gasteiger partial charge in [-0.2, -0.15) is 0 Å². The molecular formula is C10H11N5O3. The van der Waals surface area contributed by atoms with Gasteiger partial charge in [0.1, 0.15) is 23.4 Å². The minimum atomic E-state index is -0.537. The maximum Gasteiger partial charge on any atom is 0.325 e. The molecule has 2 heterocycles. The van der Waals surface area contributed by atoms with Crippen molar-refractivity contribution in [2.75, 3.05) is 19.4 Å². The molecule has 8 heteroatoms. The summed E-state index contributed by atoms with van der Waals surface area (Å²) in [5, 5.41) is 2.40. The lowest BCUT2D eigenvalue weighted by molar-refractivity contribution is -0.139. The van der Waals surface area contributed by atoms with E-state index in [4.69, 9.17) is 5.73 Å². The Morgan fingerprint density at radius 3 is 3.00 bits per heavy atom. The zero-order chi connectivity index (χ0) is 13.1. The first-order chi connectivity index (χ1) is 8.63. The van der Waals surface area contributed by atoms with Gasteiger partial charge in [-0.1, -0.05) is 0 Å². The van der Waals surface area contributed by atoms with Crippen LogP contribution >= 0.6 is 0 Å². The standard InChI is InChI=1S/C10H11N5O3/c1-18-6(16)3-13-10(17)5-2-12-9(11)8-7(5)14-4-15-8/h2,4H,3H2,1H3,(H2,11,12)(H,13,17)(H,14,15). The third-order valence-electron chi connectivity index (χ3n) is 2.35. The molecule has 0 aromatic carbocycles. The number of ether oxygens (including phenoxy) is 1. The number of amides is 1. The monoisotopic (exact) mass is 249 g/mol. The Kier molecular flexibility index (Phi) is 3.09. The van der Waals surface area contributed by atoms with Crippen LogP contribution < -0.4 is 11.1 Å². The molecule has 0 saturated heterocycles. The average molecular weight is 249 g/mol. The fraction of sp³-hybridized carbons (Fsp3) is 0.200. The van der Waals surface area contributed by atoms with Gasteiger partial charge in [-0.3, -0.25) is 9.59 Å². The number of H-pyrrole nitrogens is 1. The zero-order valence-electron chi connectivity index (χ0n) is 9.56. The SMILES string of the molecule is COC(=O)CNC(=O)c1cnc(N)c2[nH]cnc12. The number of nitrogen functional groups attached to an aromatic ring is 1. The molecule has 0 spiro atoms. The molecule has 0 aliphatic carbocycles. The Balaban J connectivity index is 2.25. The van der Waals surface area contributed by atoms with Gasteiger partial charge < -0.3 is 20.8 Å². The van der Waals surface area contributed by atoms with Gasteiger partial charge in [0, 0.05) is 6.20 Å². The number of nitrogens with zero attached hydrogens (tertiary/aromatic N) is 2. The molecule has 0 atom stereocenters. The molecule has 2 aromatic heterocycles. The Morgan fingerprint density at radius 2 is 2.28 bits per heavy atom. The third kappa shape index (κ3) is 2.08. The molecule has 0 aliphatic heterocycles. The third-order valence-corrected chi connectivity index (χ3v) is 2.35. The normalized spacial score (nSPS) is 10.3. The molecule has 2 rings (SSSR count). The van der Waals surface area contributed by atoms with E-state index in [1.54, 1.807) is 0 Å². The molecule has 2 aromatic rings. The number of carbonyl (C=O) groups excluding carboxylic acids is 2. The van der Waals surface area contributed by atoms with Gasteiger partial charge in [0.25, 0.3) is 5.91 Å². The number of imidazole rings is 1. The molecule has 18 heavy (non-hydrogen) atoms. The summed E-state index contributed by atoms with van der Waals surface area (Å²) >= 11 is 0. The number of hydrogen-bond donors (Lipinski definition) is 3. The van der Waals surface area contributed by atoms with E-state index in [2.05, 4.69) is 25.0 Å². The minimum Gasteiger partial charge on any atom is -0.468 e. The van der Waals surface area contributed by atoms with Gasteiger partial charge in [0.05, 0.1) is 19.0 Å². The molecule has 94 valence electrons. The number of hydrogen-bond acceptors (Lipinski definition) is 6. The molecule has 4 N–H and O–H groups in total. The lowest BCUT2D eigenvalue weighted by Gasteiger charge is -2.04. The van der Waals surface area contributed by atoms with Gasteiger partial charge in [-0.05, 0) is 0 Å². The van der Waals surface area contributed by atoms with Gasteiger partial charge in [-0.15, -0.1) is 0 Å². The van der Waals surface area contributed by atoms with E-state index in [1.807, 2.05) is 0 Å². The van der Waals surface area contributed by atoms with E-state index in [9.17, 15) is 9.59 Å². The number of nitrogens with one attached hydrogen (secondary N) is 2. The largest absolute Gasteiger partial charge is 0.468 e. The summed E-state index contributed by atoms with van der Waals surface area (Å²) in [7, 11) is 1.24. The number of methoxy groups -OCH3 is 1. The molecule has 0 unspecified atom stereocenters. The highest BCUT2D eigenvalue weighted by molar-refractivity contribution is 6.06. The van der Waals surface area contributed by atoms with Crippen LogP contribution in [0.2, 0.25) is 0 Å². The predicted molar refractivity (Wildman–Crippen MR) is 62.7 cm³/mol. The van der Waals surface area contributed by atoms with Crippen LogP contribution in [0.4, 0.5) is 5.82 Å². The summed E-state index contributed by atoms with van der Waals surface area (Å²) in [6.45, 7) is -0.217. The second-order valence-corrected chi connectivity index (χ2v) is 3.44. The Labute approximate surface area is 102 Å². The van der Waals surface area contributed by atoms with Gasteiger partial charge in [0.2, 0.25) is 0 Å². The van der Waals surface area contributed by atoms with E-state index in [1.165, 1.54) is 19.6 Å². The van der Waals surface area contributed by atoms with Crippen molar-refractivity contribution in [2.45, 2.75) is 0 Å². The lowest BCUT2D eigenvalue weighted by atomic mass is 10.2. The summed E-state index contributed by atoms with van der Waals surface area (Å²) < 4.78 is 4.42. The average Bonchev–Trinajstić information content (AvgIpc) is 2.86. The van der Waals surface area contributed by atoms with E-state index >= 15 is 0 Å². The molecule has 0 radical (unpaired) electrons. The number of aromatic nitrogens is 3. The van der Waals surface area contributed by atoms with Crippen LogP contribution in [-0.2, 0) is 9.53 Å². The minimum absolute atomic E-state index is 0.217. The van der Waals surface area contributed by atoms with Crippen molar-refractivity contribution in [1.82, 2.24) is 20.3 Å². The summed E-state index contributed by atoms with van der Waals surface area (Å²) in [6.07, 6.45) is 2.73. The first kappa shape index (κ1) is 11.8. The number of pyridine rings is 1. The number of esters is 1. The summed E-state index contributed by atoms with van der Waals surface area (Å²) in [5.74, 6) is -0.748. The maximum absolute atomic E-state index is 11.8. The maximum atomic E-state index is 11.8. The van der Waals surface area contributed by atoms with Crippen molar-refractivity contribution in [1.29, 1.82) is 0 Å². The fourth-order valence-electron chi connectivity index (χ4n) is 1.44. The molecule has 8 nitrogen and oxygen atoms in total. The highest BCUT2D eigenvalue weighted by Gasteiger charge is 2.15. The first-order valence-corrected chi connectivity index (χ1v) is 5.06. The number of rotatable bonds is 3. The van der Waals surface area contributed by atoms with E-state index in [0.29, 0.717) is 11.0 Å². The van der Waals surface area contributed by atoms with Crippen LogP contribution in [0.3, 0.4) is 0 Å². The van der Waals surface area contributed by atoms with Crippen molar-refractivity contribution < 1.29 is 14.3 Å². The Hall–Kier alpha value is -2.64. The fourth-order valence-corrected chi connectivity index (χ4v) is 1.44. The van der Waals surface area contributed by atoms with Crippen molar-refractivity contribution in [3.8, 4) is 0 Å². The molecule has 1 amide bonds. The van der Waals surface area contributed by atoms with Crippen molar-refractivity contribution in [3.63, 3.8) is 0 Å². The Bertz CT molecular complexity index is 607. The van der Waals surface area contributed by atoms with Gasteiger partial charge in [0.15, 0.2) is 0 Å². The number of carbonyl (C=O) groups is 2. The summed E-state index contributed by atoms with van der Waals surface area (Å²) in [4.78, 5) is 33.4. The lowest BCUT2D eigenvalue weighted by Crippen LogP contribution is -2.30. The van der Waals surface area contributed by atoms with Crippen molar-refractivity contribution in [3.05, 3.63) is 18.1 Å². The van der Waals surface area contributed by atoms with Crippen LogP contribution in [-0.4, -0.2) is 40.5 Å². The highest BCUT2D eigenvalue weighted by Crippen LogP contribution is 2.18. The summed E-state index contributed by atoms with van der Waals surface area (Å²) in [6, 6.07) is 0. The highest BCUT2D eigenvalue weighted by atomic mass is 16.5. The van der Waals surface area contributed by atoms with Crippen molar-refractivity contribution >= 4 is 28.7 Å². The molecular weight excluding hydrogens is 238 g/mol. The molecule has 0 aliphatic rings. The topological polar surface area (TPSA) is 123 Å². The van der Waals surface area contributed by atoms with Gasteiger partial charge >= 0.3 is 5.97 Å². The zero-order valence-corrected chi connectivity index (χ0v) is 9.56. The van der Waals surface area contributed by atoms with Crippen LogP contribution in [0.15, 0.2) is 12.5 Å². The number of fused-ring (bicyclic) bond motifs is 1. The Morgan fingerprint density at radius 1 is 1.50 bits per heavy atom. The van der Waals surface area contributed by atoms with E-state index in [0.717, 1.165) is 0 Å². The second kappa shape index (κ2) is 4.70. The second-order valence-electron chi connectivity index (χ2n) is 3.44. The number of nitrogens with two attached hydrogens (primary N) is 1. The van der Waals surface area contributed by atoms with Crippen molar-refractivity contribution in [2.24, 2.45) is 0 Å². The first-order valence-electron chi connectivity index (χ1n) is 5.06. The van der Waals surface area contributed by atoms with Gasteiger partial charge in [-0.25, -0.2) is 9.97 Å². The van der Waals surface area contributed by atoms with Crippen LogP contribution in [0, 0.1) is 0 Å². The summed E-state index contributed by atoms with van der Waals surface area (Å²) in [5.41, 5.74) is 6.76. The van der Waals surface area contributed by atoms with Crippen LogP contribution in [0.1, 0.15) is 10.4 Å². The number of aromatic amines is 1. The predicted octanol–water partition coefficient (Wildman–Crippen LogP) is -0.557.